The fourth-order valence-corrected chi connectivity index (χ4v) is 2.03. The van der Waals surface area contributed by atoms with Crippen molar-refractivity contribution in [2.45, 2.75) is 27.3 Å². The Morgan fingerprint density at radius 3 is 2.50 bits per heavy atom. The molecule has 0 atom stereocenters. The first-order valence-corrected chi connectivity index (χ1v) is 7.42. The first-order chi connectivity index (χ1) is 9.40. The van der Waals surface area contributed by atoms with Crippen LogP contribution in [0.4, 0.5) is 5.69 Å². The van der Waals surface area contributed by atoms with Crippen molar-refractivity contribution in [2.24, 2.45) is 5.92 Å². The quantitative estimate of drug-likeness (QED) is 0.789. The van der Waals surface area contributed by atoms with Crippen LogP contribution >= 0.6 is 0 Å². The van der Waals surface area contributed by atoms with Gasteiger partial charge in [0.25, 0.3) is 0 Å². The van der Waals surface area contributed by atoms with E-state index in [1.54, 1.807) is 0 Å². The highest BCUT2D eigenvalue weighted by Crippen LogP contribution is 2.19. The Balaban J connectivity index is 2.73. The summed E-state index contributed by atoms with van der Waals surface area (Å²) >= 11 is 0. The molecule has 1 rings (SSSR count). The van der Waals surface area contributed by atoms with E-state index in [4.69, 9.17) is 0 Å². The van der Waals surface area contributed by atoms with Gasteiger partial charge in [-0.25, -0.2) is 0 Å². The van der Waals surface area contributed by atoms with Gasteiger partial charge in [0.2, 0.25) is 0 Å². The van der Waals surface area contributed by atoms with Crippen LogP contribution in [-0.4, -0.2) is 50.7 Å². The zero-order chi connectivity index (χ0) is 15.1. The van der Waals surface area contributed by atoms with E-state index in [0.717, 1.165) is 31.9 Å². The Hall–Kier alpha value is -1.13. The summed E-state index contributed by atoms with van der Waals surface area (Å²) in [5.41, 5.74) is 3.64. The molecule has 0 saturated carbocycles. The Morgan fingerprint density at radius 2 is 1.90 bits per heavy atom. The van der Waals surface area contributed by atoms with Gasteiger partial charge in [-0.2, -0.15) is 0 Å². The van der Waals surface area contributed by atoms with Crippen LogP contribution in [0.5, 0.6) is 0 Å². The number of rotatable bonds is 8. The van der Waals surface area contributed by atoms with Gasteiger partial charge >= 0.3 is 0 Å². The second-order valence-corrected chi connectivity index (χ2v) is 6.20. The molecule has 1 heterocycles. The summed E-state index contributed by atoms with van der Waals surface area (Å²) in [6.45, 7) is 10.5. The first-order valence-electron chi connectivity index (χ1n) is 7.42. The molecule has 4 nitrogen and oxygen atoms in total. The van der Waals surface area contributed by atoms with Crippen LogP contribution in [0.25, 0.3) is 0 Å². The summed E-state index contributed by atoms with van der Waals surface area (Å²) in [7, 11) is 6.37. The Morgan fingerprint density at radius 1 is 1.20 bits per heavy atom. The lowest BCUT2D eigenvalue weighted by molar-refractivity contribution is 0.416. The Kier molecular flexibility index (Phi) is 6.96. The molecule has 0 fully saturated rings. The molecule has 20 heavy (non-hydrogen) atoms. The fourth-order valence-electron chi connectivity index (χ4n) is 2.03. The van der Waals surface area contributed by atoms with E-state index >= 15 is 0 Å². The summed E-state index contributed by atoms with van der Waals surface area (Å²) in [6.07, 6.45) is 2.00. The largest absolute Gasteiger partial charge is 0.373 e. The van der Waals surface area contributed by atoms with Crippen LogP contribution in [0.15, 0.2) is 12.3 Å². The van der Waals surface area contributed by atoms with Gasteiger partial charge in [-0.05, 0) is 39.5 Å². The maximum atomic E-state index is 4.44. The molecule has 0 unspecified atom stereocenters. The molecule has 1 N–H and O–H groups in total. The van der Waals surface area contributed by atoms with Gasteiger partial charge in [0.15, 0.2) is 0 Å². The summed E-state index contributed by atoms with van der Waals surface area (Å²) in [6, 6.07) is 2.18. The Bertz CT molecular complexity index is 401. The van der Waals surface area contributed by atoms with Crippen molar-refractivity contribution >= 4 is 5.69 Å². The minimum atomic E-state index is 0.670. The van der Waals surface area contributed by atoms with Gasteiger partial charge in [0.05, 0.1) is 0 Å². The number of hydrogen-bond acceptors (Lipinski definition) is 4. The van der Waals surface area contributed by atoms with Gasteiger partial charge in [-0.1, -0.05) is 13.8 Å². The molecule has 1 aromatic heterocycles. The van der Waals surface area contributed by atoms with Crippen LogP contribution in [-0.2, 0) is 6.54 Å². The lowest BCUT2D eigenvalue weighted by Gasteiger charge is -2.24. The molecule has 0 aliphatic carbocycles. The molecule has 0 bridgehead atoms. The van der Waals surface area contributed by atoms with Gasteiger partial charge in [-0.3, -0.25) is 4.98 Å². The summed E-state index contributed by atoms with van der Waals surface area (Å²) < 4.78 is 0. The number of hydrogen-bond donors (Lipinski definition) is 1. The molecule has 114 valence electrons. The normalized spacial score (nSPS) is 11.4. The first kappa shape index (κ1) is 16.9. The third-order valence-corrected chi connectivity index (χ3v) is 3.26. The highest BCUT2D eigenvalue weighted by atomic mass is 15.2. The predicted octanol–water partition coefficient (Wildman–Crippen LogP) is 2.13. The minimum absolute atomic E-state index is 0.670. The lowest BCUT2D eigenvalue weighted by atomic mass is 10.1. The van der Waals surface area contributed by atoms with E-state index in [2.05, 4.69) is 68.1 Å². The van der Waals surface area contributed by atoms with Gasteiger partial charge in [0, 0.05) is 49.8 Å². The van der Waals surface area contributed by atoms with Gasteiger partial charge in [-0.15, -0.1) is 0 Å². The third-order valence-electron chi connectivity index (χ3n) is 3.26. The Labute approximate surface area is 124 Å². The summed E-state index contributed by atoms with van der Waals surface area (Å²) in [5, 5.41) is 3.50. The van der Waals surface area contributed by atoms with E-state index in [0.29, 0.717) is 5.92 Å². The van der Waals surface area contributed by atoms with Crippen molar-refractivity contribution in [1.82, 2.24) is 15.2 Å². The number of nitrogens with zero attached hydrogens (tertiary/aromatic N) is 3. The molecule has 0 spiro atoms. The molecule has 0 aliphatic rings. The fraction of sp³-hybridized carbons (Fsp3) is 0.688. The lowest BCUT2D eigenvalue weighted by Crippen LogP contribution is -2.30. The average Bonchev–Trinajstić information content (AvgIpc) is 2.37. The monoisotopic (exact) mass is 278 g/mol. The maximum absolute atomic E-state index is 4.44. The van der Waals surface area contributed by atoms with E-state index < -0.39 is 0 Å². The predicted molar refractivity (Wildman–Crippen MR) is 87.3 cm³/mol. The number of pyridine rings is 1. The highest BCUT2D eigenvalue weighted by Gasteiger charge is 2.09. The zero-order valence-electron chi connectivity index (χ0n) is 13.9. The minimum Gasteiger partial charge on any atom is -0.373 e. The molecule has 0 radical (unpaired) electrons. The zero-order valence-corrected chi connectivity index (χ0v) is 13.9. The van der Waals surface area contributed by atoms with Crippen molar-refractivity contribution in [3.8, 4) is 0 Å². The molecular formula is C16H30N4. The van der Waals surface area contributed by atoms with E-state index in [-0.39, 0.29) is 0 Å². The highest BCUT2D eigenvalue weighted by molar-refractivity contribution is 5.53. The number of anilines is 1. The van der Waals surface area contributed by atoms with Crippen molar-refractivity contribution in [2.75, 3.05) is 45.7 Å². The SMILES string of the molecule is Cc1cc(N(C)CCN(C)C)c(CNCC(C)C)cn1. The van der Waals surface area contributed by atoms with Crippen LogP contribution in [0.3, 0.4) is 0 Å². The van der Waals surface area contributed by atoms with Gasteiger partial charge in [0.1, 0.15) is 0 Å². The third kappa shape index (κ3) is 5.88. The second-order valence-electron chi connectivity index (χ2n) is 6.20. The summed E-state index contributed by atoms with van der Waals surface area (Å²) in [5.74, 6) is 0.670. The topological polar surface area (TPSA) is 31.4 Å². The summed E-state index contributed by atoms with van der Waals surface area (Å²) in [4.78, 5) is 8.97. The molecule has 0 aromatic carbocycles. The van der Waals surface area contributed by atoms with Crippen molar-refractivity contribution < 1.29 is 0 Å². The smallest absolute Gasteiger partial charge is 0.0443 e. The van der Waals surface area contributed by atoms with Crippen molar-refractivity contribution in [1.29, 1.82) is 0 Å². The number of likely N-dealkylation sites (N-methyl/N-ethyl adjacent to an activating group) is 2. The molecule has 0 aliphatic heterocycles. The average molecular weight is 278 g/mol. The van der Waals surface area contributed by atoms with Crippen molar-refractivity contribution in [3.05, 3.63) is 23.5 Å². The van der Waals surface area contributed by atoms with Crippen LogP contribution < -0.4 is 10.2 Å². The molecule has 0 amide bonds. The maximum Gasteiger partial charge on any atom is 0.0443 e. The second kappa shape index (κ2) is 8.22. The molecule has 1 aromatic rings. The van der Waals surface area contributed by atoms with Crippen LogP contribution in [0.2, 0.25) is 0 Å². The number of aryl methyl sites for hydroxylation is 1. The van der Waals surface area contributed by atoms with Gasteiger partial charge < -0.3 is 15.1 Å². The van der Waals surface area contributed by atoms with Crippen LogP contribution in [0.1, 0.15) is 25.1 Å². The standard InChI is InChI=1S/C16H30N4/c1-13(2)10-17-11-15-12-18-14(3)9-16(15)20(6)8-7-19(4)5/h9,12-13,17H,7-8,10-11H2,1-6H3. The molecular weight excluding hydrogens is 248 g/mol. The van der Waals surface area contributed by atoms with E-state index in [1.165, 1.54) is 11.3 Å². The molecule has 4 heteroatoms. The number of nitrogens with one attached hydrogen (secondary N) is 1. The van der Waals surface area contributed by atoms with E-state index in [1.807, 2.05) is 6.20 Å². The van der Waals surface area contributed by atoms with Crippen LogP contribution in [0, 0.1) is 12.8 Å². The number of aromatic nitrogens is 1. The van der Waals surface area contributed by atoms with E-state index in [9.17, 15) is 0 Å². The van der Waals surface area contributed by atoms with Crippen molar-refractivity contribution in [3.63, 3.8) is 0 Å². The molecule has 0 saturated heterocycles.